The van der Waals surface area contributed by atoms with E-state index in [0.717, 1.165) is 17.7 Å². The van der Waals surface area contributed by atoms with Gasteiger partial charge in [-0.25, -0.2) is 4.90 Å². The third-order valence-electron chi connectivity index (χ3n) is 4.41. The number of fused-ring (bicyclic) bond motifs is 5. The third-order valence-corrected chi connectivity index (χ3v) is 4.41. The second-order valence-corrected chi connectivity index (χ2v) is 5.34. The largest absolute Gasteiger partial charge is 0.506 e. The lowest BCUT2D eigenvalue weighted by atomic mass is 9.81. The number of aromatic hydroxyl groups is 1. The van der Waals surface area contributed by atoms with Gasteiger partial charge in [0.1, 0.15) is 5.75 Å². The number of para-hydroxylation sites is 2. The van der Waals surface area contributed by atoms with E-state index in [9.17, 15) is 14.7 Å². The van der Waals surface area contributed by atoms with E-state index in [0.29, 0.717) is 0 Å². The van der Waals surface area contributed by atoms with Crippen molar-refractivity contribution in [1.82, 2.24) is 0 Å². The van der Waals surface area contributed by atoms with Gasteiger partial charge in [-0.05, 0) is 25.0 Å². The second-order valence-electron chi connectivity index (χ2n) is 5.34. The maximum Gasteiger partial charge on any atom is 0.240 e. The molecule has 4 atom stereocenters. The van der Waals surface area contributed by atoms with E-state index in [1.165, 1.54) is 6.07 Å². The average Bonchev–Trinajstić information content (AvgIpc) is 3.06. The van der Waals surface area contributed by atoms with Crippen molar-refractivity contribution >= 4 is 17.5 Å². The first kappa shape index (κ1) is 11.0. The topological polar surface area (TPSA) is 66.8 Å². The van der Waals surface area contributed by atoms with Crippen LogP contribution in [-0.4, -0.2) is 29.1 Å². The summed E-state index contributed by atoms with van der Waals surface area (Å²) in [4.78, 5) is 26.0. The van der Waals surface area contributed by atoms with Crippen LogP contribution in [0.25, 0.3) is 0 Å². The number of nitrogens with zero attached hydrogens (tertiary/aromatic N) is 1. The molecule has 3 saturated heterocycles. The highest BCUT2D eigenvalue weighted by molar-refractivity contribution is 6.23. The van der Waals surface area contributed by atoms with Crippen molar-refractivity contribution in [2.45, 2.75) is 25.0 Å². The normalized spacial score (nSPS) is 36.1. The van der Waals surface area contributed by atoms with Crippen LogP contribution in [0.1, 0.15) is 12.8 Å². The summed E-state index contributed by atoms with van der Waals surface area (Å²) in [6.07, 6.45) is 1.45. The number of phenolic OH excluding ortho intramolecular Hbond substituents is 1. The number of amides is 2. The molecule has 0 unspecified atom stereocenters. The van der Waals surface area contributed by atoms with Gasteiger partial charge in [0, 0.05) is 0 Å². The molecule has 3 fully saturated rings. The van der Waals surface area contributed by atoms with E-state index < -0.39 is 0 Å². The van der Waals surface area contributed by atoms with Crippen LogP contribution >= 0.6 is 0 Å². The first-order valence-electron chi connectivity index (χ1n) is 6.50. The molecule has 3 aliphatic rings. The average molecular weight is 259 g/mol. The summed E-state index contributed by atoms with van der Waals surface area (Å²) in [5, 5.41) is 9.84. The van der Waals surface area contributed by atoms with Crippen LogP contribution in [-0.2, 0) is 14.3 Å². The molecule has 98 valence electrons. The lowest BCUT2D eigenvalue weighted by molar-refractivity contribution is -0.124. The Bertz CT molecular complexity index is 557. The summed E-state index contributed by atoms with van der Waals surface area (Å²) in [7, 11) is 0. The van der Waals surface area contributed by atoms with Crippen molar-refractivity contribution in [1.29, 1.82) is 0 Å². The van der Waals surface area contributed by atoms with Gasteiger partial charge in [-0.15, -0.1) is 0 Å². The van der Waals surface area contributed by atoms with Crippen molar-refractivity contribution in [3.63, 3.8) is 0 Å². The quantitative estimate of drug-likeness (QED) is 0.766. The van der Waals surface area contributed by atoms with Crippen LogP contribution in [0.5, 0.6) is 5.75 Å². The summed E-state index contributed by atoms with van der Waals surface area (Å²) in [5.41, 5.74) is 0.284. The molecule has 3 aliphatic heterocycles. The highest BCUT2D eigenvalue weighted by Gasteiger charge is 2.62. The van der Waals surface area contributed by atoms with Crippen LogP contribution in [0.4, 0.5) is 5.69 Å². The number of ether oxygens (including phenoxy) is 1. The number of phenols is 1. The Labute approximate surface area is 109 Å². The Hall–Kier alpha value is -1.88. The monoisotopic (exact) mass is 259 g/mol. The Morgan fingerprint density at radius 1 is 1.05 bits per heavy atom. The Morgan fingerprint density at radius 2 is 1.63 bits per heavy atom. The second kappa shape index (κ2) is 3.57. The lowest BCUT2D eigenvalue weighted by Crippen LogP contribution is -2.34. The number of imide groups is 1. The minimum Gasteiger partial charge on any atom is -0.506 e. The van der Waals surface area contributed by atoms with Gasteiger partial charge in [-0.1, -0.05) is 12.1 Å². The molecule has 0 saturated carbocycles. The van der Waals surface area contributed by atoms with Gasteiger partial charge in [-0.3, -0.25) is 9.59 Å². The summed E-state index contributed by atoms with van der Waals surface area (Å²) in [5.74, 6) is -1.22. The number of benzene rings is 1. The van der Waals surface area contributed by atoms with Crippen LogP contribution in [0.3, 0.4) is 0 Å². The van der Waals surface area contributed by atoms with Crippen LogP contribution in [0.2, 0.25) is 0 Å². The maximum absolute atomic E-state index is 12.5. The molecule has 19 heavy (non-hydrogen) atoms. The molecule has 2 amide bonds. The van der Waals surface area contributed by atoms with Gasteiger partial charge < -0.3 is 9.84 Å². The molecule has 5 heteroatoms. The molecule has 1 aromatic carbocycles. The number of carbonyl (C=O) groups is 2. The first-order valence-corrected chi connectivity index (χ1v) is 6.50. The molecular formula is C14H13NO4. The first-order chi connectivity index (χ1) is 9.18. The predicted octanol–water partition coefficient (Wildman–Crippen LogP) is 1.06. The molecule has 1 aromatic rings. The maximum atomic E-state index is 12.5. The number of carbonyl (C=O) groups excluding carboxylic acids is 2. The summed E-state index contributed by atoms with van der Waals surface area (Å²) >= 11 is 0. The SMILES string of the molecule is O=C1[C@H]2[C@H](C(=O)N1c1ccccc1O)[C@H]1CC[C@H]2O1. The van der Waals surface area contributed by atoms with Gasteiger partial charge in [0.2, 0.25) is 11.8 Å². The molecule has 3 heterocycles. The number of hydrogen-bond acceptors (Lipinski definition) is 4. The number of hydrogen-bond donors (Lipinski definition) is 1. The van der Waals surface area contributed by atoms with Crippen LogP contribution in [0, 0.1) is 11.8 Å². The van der Waals surface area contributed by atoms with Crippen LogP contribution in [0.15, 0.2) is 24.3 Å². The number of rotatable bonds is 1. The summed E-state index contributed by atoms with van der Waals surface area (Å²) < 4.78 is 5.66. The fourth-order valence-corrected chi connectivity index (χ4v) is 3.60. The fourth-order valence-electron chi connectivity index (χ4n) is 3.60. The van der Waals surface area contributed by atoms with E-state index in [2.05, 4.69) is 0 Å². The molecular weight excluding hydrogens is 246 g/mol. The molecule has 0 aliphatic carbocycles. The molecule has 0 radical (unpaired) electrons. The zero-order valence-electron chi connectivity index (χ0n) is 10.2. The van der Waals surface area contributed by atoms with Crippen molar-refractivity contribution in [2.24, 2.45) is 11.8 Å². The van der Waals surface area contributed by atoms with E-state index in [1.807, 2.05) is 0 Å². The van der Waals surface area contributed by atoms with Crippen molar-refractivity contribution < 1.29 is 19.4 Å². The smallest absolute Gasteiger partial charge is 0.240 e. The Balaban J connectivity index is 1.78. The Kier molecular flexibility index (Phi) is 2.07. The van der Waals surface area contributed by atoms with E-state index in [4.69, 9.17) is 4.74 Å². The van der Waals surface area contributed by atoms with Gasteiger partial charge in [0.25, 0.3) is 0 Å². The summed E-state index contributed by atoms with van der Waals surface area (Å²) in [6, 6.07) is 6.44. The highest BCUT2D eigenvalue weighted by Crippen LogP contribution is 2.50. The zero-order chi connectivity index (χ0) is 13.1. The Morgan fingerprint density at radius 3 is 2.21 bits per heavy atom. The molecule has 4 rings (SSSR count). The molecule has 0 aromatic heterocycles. The van der Waals surface area contributed by atoms with E-state index >= 15 is 0 Å². The van der Waals surface area contributed by atoms with Gasteiger partial charge in [-0.2, -0.15) is 0 Å². The highest BCUT2D eigenvalue weighted by atomic mass is 16.5. The van der Waals surface area contributed by atoms with Gasteiger partial charge >= 0.3 is 0 Å². The lowest BCUT2D eigenvalue weighted by Gasteiger charge is -2.18. The van der Waals surface area contributed by atoms with Gasteiger partial charge in [0.15, 0.2) is 0 Å². The predicted molar refractivity (Wildman–Crippen MR) is 65.5 cm³/mol. The zero-order valence-corrected chi connectivity index (χ0v) is 10.2. The van der Waals surface area contributed by atoms with E-state index in [-0.39, 0.29) is 47.3 Å². The van der Waals surface area contributed by atoms with Crippen LogP contribution < -0.4 is 4.90 Å². The standard InChI is InChI=1S/C14H13NO4/c16-8-4-2-1-3-7(8)15-13(17)11-9-5-6-10(19-9)12(11)14(15)18/h1-4,9-12,16H,5-6H2/t9-,10-,11-,12-/m1/s1. The molecule has 5 nitrogen and oxygen atoms in total. The molecule has 2 bridgehead atoms. The minimum absolute atomic E-state index is 0.0440. The minimum atomic E-state index is -0.356. The summed E-state index contributed by atoms with van der Waals surface area (Å²) in [6.45, 7) is 0. The van der Waals surface area contributed by atoms with Crippen molar-refractivity contribution in [3.8, 4) is 5.75 Å². The van der Waals surface area contributed by atoms with E-state index in [1.54, 1.807) is 18.2 Å². The van der Waals surface area contributed by atoms with Crippen molar-refractivity contribution in [2.75, 3.05) is 4.90 Å². The molecule has 1 N–H and O–H groups in total. The van der Waals surface area contributed by atoms with Crippen molar-refractivity contribution in [3.05, 3.63) is 24.3 Å². The number of anilines is 1. The third kappa shape index (κ3) is 1.28. The molecule has 0 spiro atoms. The van der Waals surface area contributed by atoms with Gasteiger partial charge in [0.05, 0.1) is 29.7 Å². The fraction of sp³-hybridized carbons (Fsp3) is 0.429.